The number of hydrazone groups is 1. The molecular formula is C21H23ClFN3O. The zero-order valence-corrected chi connectivity index (χ0v) is 16.6. The van der Waals surface area contributed by atoms with Gasteiger partial charge in [0.15, 0.2) is 0 Å². The maximum Gasteiger partial charge on any atom is 0.274 e. The van der Waals surface area contributed by atoms with Crippen molar-refractivity contribution in [3.8, 4) is 0 Å². The molecule has 0 radical (unpaired) electrons. The van der Waals surface area contributed by atoms with E-state index in [-0.39, 0.29) is 11.1 Å². The molecule has 1 heterocycles. The smallest absolute Gasteiger partial charge is 0.274 e. The molecule has 1 unspecified atom stereocenters. The second-order valence-electron chi connectivity index (χ2n) is 7.59. The first-order valence-corrected chi connectivity index (χ1v) is 9.23. The minimum Gasteiger partial charge on any atom is -0.369 e. The predicted molar refractivity (Wildman–Crippen MR) is 108 cm³/mol. The van der Waals surface area contributed by atoms with Gasteiger partial charge >= 0.3 is 0 Å². The largest absolute Gasteiger partial charge is 0.369 e. The van der Waals surface area contributed by atoms with Crippen molar-refractivity contribution in [2.24, 2.45) is 5.10 Å². The predicted octanol–water partition coefficient (Wildman–Crippen LogP) is 4.97. The molecule has 142 valence electrons. The van der Waals surface area contributed by atoms with E-state index in [1.54, 1.807) is 6.07 Å². The highest BCUT2D eigenvalue weighted by molar-refractivity contribution is 6.33. The van der Waals surface area contributed by atoms with Crippen LogP contribution in [-0.2, 0) is 0 Å². The van der Waals surface area contributed by atoms with Gasteiger partial charge in [-0.25, -0.2) is 9.82 Å². The minimum absolute atomic E-state index is 0.0522. The highest BCUT2D eigenvalue weighted by Gasteiger charge is 2.34. The molecular weight excluding hydrogens is 365 g/mol. The minimum atomic E-state index is -0.603. The topological polar surface area (TPSA) is 44.7 Å². The number of nitrogens with zero attached hydrogens (tertiary/aromatic N) is 2. The van der Waals surface area contributed by atoms with Crippen LogP contribution in [0.1, 0.15) is 54.6 Å². The lowest BCUT2D eigenvalue weighted by atomic mass is 9.80. The van der Waals surface area contributed by atoms with E-state index in [1.165, 1.54) is 30.0 Å². The third-order valence-electron chi connectivity index (χ3n) is 5.24. The first kappa shape index (κ1) is 19.4. The summed E-state index contributed by atoms with van der Waals surface area (Å²) in [4.78, 5) is 14.3. The van der Waals surface area contributed by atoms with Crippen LogP contribution in [0, 0.1) is 5.82 Å². The molecule has 3 rings (SSSR count). The van der Waals surface area contributed by atoms with Crippen LogP contribution in [0.25, 0.3) is 0 Å². The lowest BCUT2D eigenvalue weighted by Crippen LogP contribution is -2.45. The van der Waals surface area contributed by atoms with Gasteiger partial charge in [0.2, 0.25) is 0 Å². The molecule has 1 N–H and O–H groups in total. The van der Waals surface area contributed by atoms with Crippen LogP contribution in [0.5, 0.6) is 0 Å². The Labute approximate surface area is 164 Å². The molecule has 0 saturated carbocycles. The van der Waals surface area contributed by atoms with Crippen molar-refractivity contribution in [3.05, 3.63) is 63.9 Å². The molecule has 1 aliphatic rings. The fraction of sp³-hybridized carbons (Fsp3) is 0.333. The lowest BCUT2D eigenvalue weighted by Gasteiger charge is -2.45. The van der Waals surface area contributed by atoms with E-state index in [4.69, 9.17) is 11.6 Å². The number of rotatable bonds is 3. The van der Waals surface area contributed by atoms with Crippen LogP contribution in [0.15, 0.2) is 41.5 Å². The molecule has 27 heavy (non-hydrogen) atoms. The Kier molecular flexibility index (Phi) is 5.24. The zero-order chi connectivity index (χ0) is 19.8. The quantitative estimate of drug-likeness (QED) is 0.597. The maximum atomic E-state index is 13.6. The molecule has 0 fully saturated rings. The number of fused-ring (bicyclic) bond motifs is 1. The second kappa shape index (κ2) is 7.31. The Bertz CT molecular complexity index is 910. The number of hydrogen-bond donors (Lipinski definition) is 1. The summed E-state index contributed by atoms with van der Waals surface area (Å²) in [5, 5.41) is 4.50. The molecule has 1 amide bonds. The first-order valence-electron chi connectivity index (χ1n) is 8.86. The third-order valence-corrected chi connectivity index (χ3v) is 5.57. The van der Waals surface area contributed by atoms with E-state index >= 15 is 0 Å². The summed E-state index contributed by atoms with van der Waals surface area (Å²) in [5.41, 5.74) is 5.37. The van der Waals surface area contributed by atoms with E-state index in [9.17, 15) is 9.18 Å². The van der Waals surface area contributed by atoms with Crippen molar-refractivity contribution in [1.29, 1.82) is 0 Å². The SMILES string of the molecule is CC1CC(C)(C)N(C)c2cc(Cl)c(/C=N/NC(=O)c3ccccc3F)cc21. The summed E-state index contributed by atoms with van der Waals surface area (Å²) in [5.74, 6) is -0.812. The summed E-state index contributed by atoms with van der Waals surface area (Å²) in [6.07, 6.45) is 2.52. The molecule has 0 bridgehead atoms. The Balaban J connectivity index is 1.82. The maximum absolute atomic E-state index is 13.6. The number of anilines is 1. The molecule has 0 spiro atoms. The Morgan fingerprint density at radius 3 is 2.78 bits per heavy atom. The average Bonchev–Trinajstić information content (AvgIpc) is 2.60. The van der Waals surface area contributed by atoms with E-state index in [0.717, 1.165) is 12.1 Å². The Morgan fingerprint density at radius 2 is 2.07 bits per heavy atom. The average molecular weight is 388 g/mol. The Morgan fingerprint density at radius 1 is 1.37 bits per heavy atom. The summed E-state index contributed by atoms with van der Waals surface area (Å²) in [6, 6.07) is 9.72. The lowest BCUT2D eigenvalue weighted by molar-refractivity contribution is 0.0951. The van der Waals surface area contributed by atoms with Crippen molar-refractivity contribution >= 4 is 29.4 Å². The van der Waals surface area contributed by atoms with Gasteiger partial charge in [-0.15, -0.1) is 0 Å². The van der Waals surface area contributed by atoms with E-state index in [1.807, 2.05) is 12.1 Å². The number of carbonyl (C=O) groups excluding carboxylic acids is 1. The van der Waals surface area contributed by atoms with Crippen LogP contribution >= 0.6 is 11.6 Å². The summed E-state index contributed by atoms with van der Waals surface area (Å²) >= 11 is 6.43. The van der Waals surface area contributed by atoms with Crippen LogP contribution in [-0.4, -0.2) is 24.7 Å². The van der Waals surface area contributed by atoms with Gasteiger partial charge < -0.3 is 4.90 Å². The molecule has 4 nitrogen and oxygen atoms in total. The third kappa shape index (κ3) is 3.83. The fourth-order valence-electron chi connectivity index (χ4n) is 3.57. The van der Waals surface area contributed by atoms with E-state index < -0.39 is 11.7 Å². The van der Waals surface area contributed by atoms with Crippen molar-refractivity contribution in [3.63, 3.8) is 0 Å². The van der Waals surface area contributed by atoms with Gasteiger partial charge in [0.25, 0.3) is 5.91 Å². The highest BCUT2D eigenvalue weighted by atomic mass is 35.5. The number of nitrogens with one attached hydrogen (secondary N) is 1. The summed E-state index contributed by atoms with van der Waals surface area (Å²) in [7, 11) is 2.07. The number of carbonyl (C=O) groups is 1. The van der Waals surface area contributed by atoms with Gasteiger partial charge in [0.05, 0.1) is 16.8 Å². The van der Waals surface area contributed by atoms with Crippen molar-refractivity contribution in [1.82, 2.24) is 5.43 Å². The standard InChI is InChI=1S/C21H23ClFN3O/c1-13-11-21(2,3)26(4)19-10-17(22)14(9-16(13)19)12-24-25-20(27)15-7-5-6-8-18(15)23/h5-10,12-13H,11H2,1-4H3,(H,25,27)/b24-12+. The van der Waals surface area contributed by atoms with Gasteiger partial charge in [-0.05, 0) is 56.0 Å². The molecule has 0 saturated heterocycles. The normalized spacial score (nSPS) is 18.4. The monoisotopic (exact) mass is 387 g/mol. The zero-order valence-electron chi connectivity index (χ0n) is 15.9. The van der Waals surface area contributed by atoms with Gasteiger partial charge in [-0.1, -0.05) is 30.7 Å². The molecule has 1 atom stereocenters. The molecule has 2 aromatic carbocycles. The van der Waals surface area contributed by atoms with Crippen molar-refractivity contribution in [2.45, 2.75) is 38.6 Å². The number of amides is 1. The van der Waals surface area contributed by atoms with Gasteiger partial charge in [-0.3, -0.25) is 4.79 Å². The highest BCUT2D eigenvalue weighted by Crippen LogP contribution is 2.44. The van der Waals surface area contributed by atoms with Crippen LogP contribution in [0.4, 0.5) is 10.1 Å². The first-order chi connectivity index (χ1) is 12.7. The van der Waals surface area contributed by atoms with Crippen molar-refractivity contribution in [2.75, 3.05) is 11.9 Å². The Hall–Kier alpha value is -2.40. The molecule has 0 aromatic heterocycles. The molecule has 0 aliphatic carbocycles. The molecule has 1 aliphatic heterocycles. The molecule has 2 aromatic rings. The van der Waals surface area contributed by atoms with Crippen LogP contribution < -0.4 is 10.3 Å². The van der Waals surface area contributed by atoms with Crippen LogP contribution in [0.3, 0.4) is 0 Å². The number of hydrogen-bond acceptors (Lipinski definition) is 3. The number of halogens is 2. The summed E-state index contributed by atoms with van der Waals surface area (Å²) < 4.78 is 13.6. The van der Waals surface area contributed by atoms with Crippen molar-refractivity contribution < 1.29 is 9.18 Å². The van der Waals surface area contributed by atoms with E-state index in [2.05, 4.69) is 43.2 Å². The fourth-order valence-corrected chi connectivity index (χ4v) is 3.78. The summed E-state index contributed by atoms with van der Waals surface area (Å²) in [6.45, 7) is 6.63. The second-order valence-corrected chi connectivity index (χ2v) is 8.00. The van der Waals surface area contributed by atoms with Gasteiger partial charge in [-0.2, -0.15) is 5.10 Å². The number of benzene rings is 2. The van der Waals surface area contributed by atoms with E-state index in [0.29, 0.717) is 16.5 Å². The van der Waals surface area contributed by atoms with Gasteiger partial charge in [0.1, 0.15) is 5.82 Å². The molecule has 6 heteroatoms. The van der Waals surface area contributed by atoms with Crippen LogP contribution in [0.2, 0.25) is 5.02 Å². The van der Waals surface area contributed by atoms with Gasteiger partial charge in [0, 0.05) is 23.8 Å².